The molecule has 0 radical (unpaired) electrons. The molecule has 0 heterocycles. The summed E-state index contributed by atoms with van der Waals surface area (Å²) < 4.78 is 47.7. The predicted octanol–water partition coefficient (Wildman–Crippen LogP) is 2.53. The van der Waals surface area contributed by atoms with Gasteiger partial charge in [0.2, 0.25) is 10.0 Å². The lowest BCUT2D eigenvalue weighted by atomic mass is 10.3. The lowest BCUT2D eigenvalue weighted by Crippen LogP contribution is -2.21. The van der Waals surface area contributed by atoms with E-state index in [1.807, 2.05) is 0 Å². The number of ether oxygens (including phenoxy) is 4. The van der Waals surface area contributed by atoms with E-state index < -0.39 is 10.0 Å². The molecule has 1 N–H and O–H groups in total. The highest BCUT2D eigenvalue weighted by molar-refractivity contribution is 7.92. The Labute approximate surface area is 147 Å². The van der Waals surface area contributed by atoms with E-state index >= 15 is 0 Å². The van der Waals surface area contributed by atoms with Crippen molar-refractivity contribution >= 4 is 15.7 Å². The first-order chi connectivity index (χ1) is 12.0. The van der Waals surface area contributed by atoms with Crippen LogP contribution in [0.3, 0.4) is 0 Å². The number of sulfonamides is 1. The minimum atomic E-state index is -3.59. The van der Waals surface area contributed by atoms with Gasteiger partial charge in [-0.3, -0.25) is 4.72 Å². The Balaban J connectivity index is 1.95. The van der Waals surface area contributed by atoms with Crippen LogP contribution in [0.1, 0.15) is 0 Å². The monoisotopic (exact) mass is 367 g/mol. The molecule has 0 atom stereocenters. The highest BCUT2D eigenvalue weighted by Gasteiger charge is 2.14. The molecule has 2 aromatic carbocycles. The number of benzene rings is 2. The van der Waals surface area contributed by atoms with Crippen LogP contribution in [0.2, 0.25) is 0 Å². The summed E-state index contributed by atoms with van der Waals surface area (Å²) in [7, 11) is 0.961. The van der Waals surface area contributed by atoms with E-state index in [1.54, 1.807) is 49.6 Å². The van der Waals surface area contributed by atoms with E-state index in [0.29, 0.717) is 28.7 Å². The summed E-state index contributed by atoms with van der Waals surface area (Å²) >= 11 is 0. The van der Waals surface area contributed by atoms with Gasteiger partial charge in [0, 0.05) is 6.07 Å². The molecule has 7 nitrogen and oxygen atoms in total. The largest absolute Gasteiger partial charge is 0.497 e. The zero-order valence-electron chi connectivity index (χ0n) is 14.3. The summed E-state index contributed by atoms with van der Waals surface area (Å²) in [6.07, 6.45) is 0. The van der Waals surface area contributed by atoms with Crippen LogP contribution in [-0.4, -0.2) is 42.1 Å². The van der Waals surface area contributed by atoms with E-state index in [-0.39, 0.29) is 12.4 Å². The Hall–Kier alpha value is -2.61. The van der Waals surface area contributed by atoms with Crippen molar-refractivity contribution in [3.8, 4) is 23.0 Å². The number of hydrogen-bond acceptors (Lipinski definition) is 6. The second-order valence-electron chi connectivity index (χ2n) is 5.01. The van der Waals surface area contributed by atoms with E-state index in [1.165, 1.54) is 14.2 Å². The quantitative estimate of drug-likeness (QED) is 0.733. The molecule has 0 aliphatic heterocycles. The van der Waals surface area contributed by atoms with Crippen molar-refractivity contribution in [2.75, 3.05) is 38.4 Å². The molecule has 8 heteroatoms. The Kier molecular flexibility index (Phi) is 6.35. The molecule has 0 spiro atoms. The van der Waals surface area contributed by atoms with Gasteiger partial charge in [0.25, 0.3) is 0 Å². The highest BCUT2D eigenvalue weighted by Crippen LogP contribution is 2.29. The molecule has 0 aliphatic carbocycles. The molecule has 0 saturated heterocycles. The second-order valence-corrected chi connectivity index (χ2v) is 6.85. The first-order valence-electron chi connectivity index (χ1n) is 7.47. The number of nitrogens with one attached hydrogen (secondary N) is 1. The van der Waals surface area contributed by atoms with Gasteiger partial charge in [-0.15, -0.1) is 0 Å². The second kappa shape index (κ2) is 8.48. The van der Waals surface area contributed by atoms with Crippen molar-refractivity contribution < 1.29 is 27.4 Å². The average Bonchev–Trinajstić information content (AvgIpc) is 2.62. The summed E-state index contributed by atoms with van der Waals surface area (Å²) in [5.74, 6) is 2.02. The maximum atomic E-state index is 12.2. The molecule has 25 heavy (non-hydrogen) atoms. The topological polar surface area (TPSA) is 83.1 Å². The molecule has 0 amide bonds. The summed E-state index contributed by atoms with van der Waals surface area (Å²) in [6, 6.07) is 11.7. The van der Waals surface area contributed by atoms with Gasteiger partial charge in [0.15, 0.2) is 0 Å². The third-order valence-electron chi connectivity index (χ3n) is 3.35. The van der Waals surface area contributed by atoms with Crippen molar-refractivity contribution in [3.63, 3.8) is 0 Å². The van der Waals surface area contributed by atoms with Crippen LogP contribution in [0.15, 0.2) is 42.5 Å². The third-order valence-corrected chi connectivity index (χ3v) is 4.59. The highest BCUT2D eigenvalue weighted by atomic mass is 32.2. The van der Waals surface area contributed by atoms with Gasteiger partial charge < -0.3 is 18.9 Å². The maximum Gasteiger partial charge on any atom is 0.236 e. The maximum absolute atomic E-state index is 12.2. The van der Waals surface area contributed by atoms with E-state index in [2.05, 4.69) is 4.72 Å². The number of rotatable bonds is 9. The van der Waals surface area contributed by atoms with Crippen LogP contribution in [0.4, 0.5) is 5.69 Å². The molecule has 0 bridgehead atoms. The first-order valence-corrected chi connectivity index (χ1v) is 9.12. The van der Waals surface area contributed by atoms with Gasteiger partial charge in [0.05, 0.1) is 27.0 Å². The number of hydrogen-bond donors (Lipinski definition) is 1. The van der Waals surface area contributed by atoms with Crippen molar-refractivity contribution in [2.24, 2.45) is 0 Å². The zero-order chi connectivity index (χ0) is 18.3. The van der Waals surface area contributed by atoms with E-state index in [0.717, 1.165) is 0 Å². The summed E-state index contributed by atoms with van der Waals surface area (Å²) in [4.78, 5) is 0. The summed E-state index contributed by atoms with van der Waals surface area (Å²) in [6.45, 7) is 0.0140. The van der Waals surface area contributed by atoms with Crippen molar-refractivity contribution in [1.29, 1.82) is 0 Å². The summed E-state index contributed by atoms with van der Waals surface area (Å²) in [5, 5.41) is 0. The molecular formula is C17H21NO6S. The van der Waals surface area contributed by atoms with Gasteiger partial charge in [-0.25, -0.2) is 8.42 Å². The fourth-order valence-corrected chi connectivity index (χ4v) is 2.95. The van der Waals surface area contributed by atoms with Crippen molar-refractivity contribution in [3.05, 3.63) is 42.5 Å². The lowest BCUT2D eigenvalue weighted by Gasteiger charge is -2.13. The van der Waals surface area contributed by atoms with Gasteiger partial charge >= 0.3 is 0 Å². The van der Waals surface area contributed by atoms with Crippen LogP contribution in [0, 0.1) is 0 Å². The SMILES string of the molecule is COc1ccc(OCCS(=O)(=O)Nc2ccc(OC)cc2OC)cc1. The zero-order valence-corrected chi connectivity index (χ0v) is 15.1. The Bertz CT molecular complexity index is 789. The molecule has 0 fully saturated rings. The average molecular weight is 367 g/mol. The smallest absolute Gasteiger partial charge is 0.236 e. The van der Waals surface area contributed by atoms with Crippen LogP contribution in [0.5, 0.6) is 23.0 Å². The Morgan fingerprint density at radius 1 is 0.840 bits per heavy atom. The first kappa shape index (κ1) is 18.7. The molecule has 0 saturated carbocycles. The standard InChI is InChI=1S/C17H21NO6S/c1-21-13-4-6-14(7-5-13)24-10-11-25(19,20)18-16-9-8-15(22-2)12-17(16)23-3/h4-9,12,18H,10-11H2,1-3H3. The van der Waals surface area contributed by atoms with Crippen LogP contribution >= 0.6 is 0 Å². The number of anilines is 1. The summed E-state index contributed by atoms with van der Waals surface area (Å²) in [5.41, 5.74) is 0.341. The molecule has 2 aromatic rings. The van der Waals surface area contributed by atoms with Crippen LogP contribution in [0.25, 0.3) is 0 Å². The minimum absolute atomic E-state index is 0.0140. The minimum Gasteiger partial charge on any atom is -0.497 e. The van der Waals surface area contributed by atoms with Crippen molar-refractivity contribution in [2.45, 2.75) is 0 Å². The van der Waals surface area contributed by atoms with Crippen LogP contribution < -0.4 is 23.7 Å². The Morgan fingerprint density at radius 3 is 2.04 bits per heavy atom. The fourth-order valence-electron chi connectivity index (χ4n) is 2.04. The molecule has 0 aliphatic rings. The molecule has 0 aromatic heterocycles. The molecule has 136 valence electrons. The van der Waals surface area contributed by atoms with Gasteiger partial charge in [-0.1, -0.05) is 0 Å². The third kappa shape index (κ3) is 5.46. The lowest BCUT2D eigenvalue weighted by molar-refractivity contribution is 0.339. The molecular weight excluding hydrogens is 346 g/mol. The predicted molar refractivity (Wildman–Crippen MR) is 95.4 cm³/mol. The Morgan fingerprint density at radius 2 is 1.44 bits per heavy atom. The normalized spacial score (nSPS) is 10.8. The fraction of sp³-hybridized carbons (Fsp3) is 0.294. The molecule has 2 rings (SSSR count). The van der Waals surface area contributed by atoms with Gasteiger partial charge in [-0.2, -0.15) is 0 Å². The van der Waals surface area contributed by atoms with Gasteiger partial charge in [-0.05, 0) is 36.4 Å². The number of methoxy groups -OCH3 is 3. The van der Waals surface area contributed by atoms with Crippen LogP contribution in [-0.2, 0) is 10.0 Å². The van der Waals surface area contributed by atoms with E-state index in [9.17, 15) is 8.42 Å². The van der Waals surface area contributed by atoms with Gasteiger partial charge in [0.1, 0.15) is 35.4 Å². The van der Waals surface area contributed by atoms with E-state index in [4.69, 9.17) is 18.9 Å². The van der Waals surface area contributed by atoms with Crippen molar-refractivity contribution in [1.82, 2.24) is 0 Å². The molecule has 0 unspecified atom stereocenters.